The number of amides is 1. The second kappa shape index (κ2) is 8.40. The normalized spacial score (nSPS) is 16.8. The highest BCUT2D eigenvalue weighted by molar-refractivity contribution is 7.12. The molecule has 0 aliphatic carbocycles. The molecule has 3 heterocycles. The van der Waals surface area contributed by atoms with E-state index in [0.717, 1.165) is 12.8 Å². The number of Topliss-reactive ketones (excluding diaryl/α,β-unsaturated/α-hetero) is 1. The third-order valence-electron chi connectivity index (χ3n) is 4.15. The minimum Gasteiger partial charge on any atom is -0.456 e. The zero-order valence-electron chi connectivity index (χ0n) is 13.7. The summed E-state index contributed by atoms with van der Waals surface area (Å²) in [6.07, 6.45) is 2.00. The van der Waals surface area contributed by atoms with Crippen molar-refractivity contribution in [3.63, 3.8) is 0 Å². The largest absolute Gasteiger partial charge is 0.456 e. The summed E-state index contributed by atoms with van der Waals surface area (Å²) < 4.78 is 5.07. The topological polar surface area (TPSA) is 63.7 Å². The van der Waals surface area contributed by atoms with Gasteiger partial charge in [0.1, 0.15) is 0 Å². The number of hydrogen-bond donors (Lipinski definition) is 0. The number of esters is 1. The molecule has 0 bridgehead atoms. The molecular formula is C18H19NO4S2. The van der Waals surface area contributed by atoms with Crippen LogP contribution in [0.5, 0.6) is 0 Å². The molecule has 0 N–H and O–H groups in total. The van der Waals surface area contributed by atoms with Gasteiger partial charge in [0.25, 0.3) is 5.91 Å². The second-order valence-electron chi connectivity index (χ2n) is 5.82. The molecule has 1 fully saturated rings. The molecule has 25 heavy (non-hydrogen) atoms. The number of carbonyl (C=O) groups excluding carboxylic acids is 3. The first-order valence-electron chi connectivity index (χ1n) is 8.20. The van der Waals surface area contributed by atoms with Crippen LogP contribution in [-0.2, 0) is 14.3 Å². The van der Waals surface area contributed by atoms with Crippen molar-refractivity contribution in [1.29, 1.82) is 0 Å². The van der Waals surface area contributed by atoms with Gasteiger partial charge < -0.3 is 9.64 Å². The Bertz CT molecular complexity index is 724. The molecule has 0 spiro atoms. The van der Waals surface area contributed by atoms with E-state index in [1.807, 2.05) is 22.9 Å². The Morgan fingerprint density at radius 3 is 2.64 bits per heavy atom. The van der Waals surface area contributed by atoms with Crippen LogP contribution in [0.3, 0.4) is 0 Å². The van der Waals surface area contributed by atoms with Crippen LogP contribution in [0.15, 0.2) is 35.0 Å². The van der Waals surface area contributed by atoms with E-state index in [9.17, 15) is 14.4 Å². The zero-order valence-corrected chi connectivity index (χ0v) is 15.3. The minimum atomic E-state index is -0.509. The molecule has 5 nitrogen and oxygen atoms in total. The van der Waals surface area contributed by atoms with Crippen LogP contribution in [0.25, 0.3) is 0 Å². The SMILES string of the molecule is O=C(CCC(=O)c1cccs1)OCC(=O)N1CCCC1c1cccs1. The molecule has 1 atom stereocenters. The van der Waals surface area contributed by atoms with E-state index in [1.165, 1.54) is 16.2 Å². The van der Waals surface area contributed by atoms with Crippen molar-refractivity contribution in [2.24, 2.45) is 0 Å². The van der Waals surface area contributed by atoms with Gasteiger partial charge in [0, 0.05) is 17.8 Å². The molecule has 7 heteroatoms. The highest BCUT2D eigenvalue weighted by atomic mass is 32.1. The van der Waals surface area contributed by atoms with Crippen LogP contribution < -0.4 is 0 Å². The van der Waals surface area contributed by atoms with Crippen LogP contribution in [0.4, 0.5) is 0 Å². The number of carbonyl (C=O) groups is 3. The molecule has 1 unspecified atom stereocenters. The third kappa shape index (κ3) is 4.55. The number of nitrogens with zero attached hydrogens (tertiary/aromatic N) is 1. The van der Waals surface area contributed by atoms with Gasteiger partial charge in [-0.15, -0.1) is 22.7 Å². The number of thiophene rings is 2. The van der Waals surface area contributed by atoms with Crippen molar-refractivity contribution in [3.8, 4) is 0 Å². The van der Waals surface area contributed by atoms with Crippen LogP contribution in [-0.4, -0.2) is 35.7 Å². The summed E-state index contributed by atoms with van der Waals surface area (Å²) in [5.41, 5.74) is 0. The lowest BCUT2D eigenvalue weighted by Gasteiger charge is -2.23. The van der Waals surface area contributed by atoms with Gasteiger partial charge in [0.05, 0.1) is 17.3 Å². The van der Waals surface area contributed by atoms with Gasteiger partial charge in [-0.3, -0.25) is 14.4 Å². The van der Waals surface area contributed by atoms with E-state index in [-0.39, 0.29) is 37.2 Å². The Morgan fingerprint density at radius 2 is 1.92 bits per heavy atom. The fourth-order valence-electron chi connectivity index (χ4n) is 2.92. The molecule has 1 amide bonds. The molecule has 132 valence electrons. The zero-order chi connectivity index (χ0) is 17.6. The molecule has 0 radical (unpaired) electrons. The van der Waals surface area contributed by atoms with Gasteiger partial charge in [0.15, 0.2) is 12.4 Å². The van der Waals surface area contributed by atoms with E-state index in [4.69, 9.17) is 4.74 Å². The Labute approximate surface area is 154 Å². The molecule has 3 rings (SSSR count). The molecule has 1 aliphatic heterocycles. The van der Waals surface area contributed by atoms with Crippen LogP contribution in [0, 0.1) is 0 Å². The summed E-state index contributed by atoms with van der Waals surface area (Å²) in [5.74, 6) is -0.755. The smallest absolute Gasteiger partial charge is 0.306 e. The quantitative estimate of drug-likeness (QED) is 0.545. The predicted molar refractivity (Wildman–Crippen MR) is 96.8 cm³/mol. The van der Waals surface area contributed by atoms with Gasteiger partial charge in [-0.1, -0.05) is 12.1 Å². The minimum absolute atomic E-state index is 0.00162. The lowest BCUT2D eigenvalue weighted by Crippen LogP contribution is -2.34. The summed E-state index contributed by atoms with van der Waals surface area (Å²) in [5, 5.41) is 3.82. The van der Waals surface area contributed by atoms with E-state index in [0.29, 0.717) is 11.4 Å². The number of hydrogen-bond acceptors (Lipinski definition) is 6. The van der Waals surface area contributed by atoms with Gasteiger partial charge >= 0.3 is 5.97 Å². The van der Waals surface area contributed by atoms with Crippen molar-refractivity contribution in [1.82, 2.24) is 4.90 Å². The first-order chi connectivity index (χ1) is 12.1. The Morgan fingerprint density at radius 1 is 1.12 bits per heavy atom. The van der Waals surface area contributed by atoms with Crippen LogP contribution in [0.1, 0.15) is 46.3 Å². The van der Waals surface area contributed by atoms with Crippen molar-refractivity contribution in [2.75, 3.05) is 13.2 Å². The molecule has 1 aliphatic rings. The summed E-state index contributed by atoms with van der Waals surface area (Å²) in [6, 6.07) is 7.63. The van der Waals surface area contributed by atoms with Crippen LogP contribution in [0.2, 0.25) is 0 Å². The van der Waals surface area contributed by atoms with Gasteiger partial charge in [-0.05, 0) is 35.7 Å². The van der Waals surface area contributed by atoms with Gasteiger partial charge in [-0.2, -0.15) is 0 Å². The van der Waals surface area contributed by atoms with Crippen molar-refractivity contribution >= 4 is 40.3 Å². The van der Waals surface area contributed by atoms with Gasteiger partial charge in [-0.25, -0.2) is 0 Å². The maximum atomic E-state index is 12.4. The monoisotopic (exact) mass is 377 g/mol. The average molecular weight is 377 g/mol. The van der Waals surface area contributed by atoms with Crippen molar-refractivity contribution in [2.45, 2.75) is 31.7 Å². The Kier molecular flexibility index (Phi) is 5.99. The number of ketones is 1. The average Bonchev–Trinajstić information content (AvgIpc) is 3.37. The Balaban J connectivity index is 1.44. The summed E-state index contributed by atoms with van der Waals surface area (Å²) in [7, 11) is 0. The molecule has 1 saturated heterocycles. The van der Waals surface area contributed by atoms with Crippen LogP contribution >= 0.6 is 22.7 Å². The maximum absolute atomic E-state index is 12.4. The lowest BCUT2D eigenvalue weighted by molar-refractivity contribution is -0.152. The Hall–Kier alpha value is -1.99. The summed E-state index contributed by atoms with van der Waals surface area (Å²) >= 11 is 2.99. The van der Waals surface area contributed by atoms with E-state index >= 15 is 0 Å². The first-order valence-corrected chi connectivity index (χ1v) is 9.96. The lowest BCUT2D eigenvalue weighted by atomic mass is 10.2. The summed E-state index contributed by atoms with van der Waals surface area (Å²) in [4.78, 5) is 39.6. The molecular weight excluding hydrogens is 358 g/mol. The fraction of sp³-hybridized carbons (Fsp3) is 0.389. The summed E-state index contributed by atoms with van der Waals surface area (Å²) in [6.45, 7) is 0.434. The first kappa shape index (κ1) is 17.8. The van der Waals surface area contributed by atoms with Crippen molar-refractivity contribution < 1.29 is 19.1 Å². The number of rotatable bonds is 7. The third-order valence-corrected chi connectivity index (χ3v) is 6.04. The second-order valence-corrected chi connectivity index (χ2v) is 7.75. The van der Waals surface area contributed by atoms with E-state index in [1.54, 1.807) is 28.4 Å². The fourth-order valence-corrected chi connectivity index (χ4v) is 4.48. The van der Waals surface area contributed by atoms with E-state index in [2.05, 4.69) is 0 Å². The molecule has 2 aromatic rings. The van der Waals surface area contributed by atoms with Crippen molar-refractivity contribution in [3.05, 3.63) is 44.8 Å². The predicted octanol–water partition coefficient (Wildman–Crippen LogP) is 3.68. The molecule has 0 aromatic carbocycles. The highest BCUT2D eigenvalue weighted by Gasteiger charge is 2.30. The molecule has 0 saturated carbocycles. The number of likely N-dealkylation sites (tertiary alicyclic amines) is 1. The highest BCUT2D eigenvalue weighted by Crippen LogP contribution is 2.34. The van der Waals surface area contributed by atoms with Gasteiger partial charge in [0.2, 0.25) is 0 Å². The number of ether oxygens (including phenoxy) is 1. The molecule has 2 aromatic heterocycles. The standard InChI is InChI=1S/C18H19NO4S2/c20-14(16-6-3-11-25-16)7-8-18(22)23-12-17(21)19-9-1-4-13(19)15-5-2-10-24-15/h2-3,5-6,10-11,13H,1,4,7-9,12H2. The van der Waals surface area contributed by atoms with E-state index < -0.39 is 5.97 Å². The maximum Gasteiger partial charge on any atom is 0.306 e.